The number of rotatable bonds is 6. The zero-order valence-corrected chi connectivity index (χ0v) is 15.8. The lowest BCUT2D eigenvalue weighted by Crippen LogP contribution is -2.29. The van der Waals surface area contributed by atoms with Gasteiger partial charge in [-0.3, -0.25) is 9.52 Å². The number of carbonyl (C=O) groups is 1. The Bertz CT molecular complexity index is 1030. The van der Waals surface area contributed by atoms with Crippen LogP contribution in [0.15, 0.2) is 35.2 Å². The van der Waals surface area contributed by atoms with E-state index < -0.39 is 28.9 Å². The molecule has 0 aliphatic carbocycles. The minimum Gasteiger partial charge on any atom is -0.466 e. The second-order valence-corrected chi connectivity index (χ2v) is 7.80. The summed E-state index contributed by atoms with van der Waals surface area (Å²) in [5, 5.41) is 9.75. The van der Waals surface area contributed by atoms with Crippen molar-refractivity contribution in [1.82, 2.24) is 0 Å². The standard InChI is InChI=1S/C17H18BFN2O6S/c1-2-26-17(22)7-10-5-12(20)3-4-16(10)28(24,25)21-15-8-13-11(6-14(15)19)9-27-18(13)23/h3-6,8,21,23H,2,7,9,20H2,1H3. The van der Waals surface area contributed by atoms with Gasteiger partial charge in [0.2, 0.25) is 0 Å². The zero-order valence-electron chi connectivity index (χ0n) is 14.9. The molecule has 1 heterocycles. The summed E-state index contributed by atoms with van der Waals surface area (Å²) in [6.07, 6.45) is -0.311. The quantitative estimate of drug-likeness (QED) is 0.362. The molecule has 148 valence electrons. The molecule has 0 fully saturated rings. The van der Waals surface area contributed by atoms with Gasteiger partial charge in [0.05, 0.1) is 30.2 Å². The Labute approximate surface area is 161 Å². The summed E-state index contributed by atoms with van der Waals surface area (Å²) in [7, 11) is -5.51. The third kappa shape index (κ3) is 4.11. The largest absolute Gasteiger partial charge is 0.491 e. The van der Waals surface area contributed by atoms with Gasteiger partial charge in [0.15, 0.2) is 0 Å². The molecule has 2 aromatic carbocycles. The first-order chi connectivity index (χ1) is 13.2. The molecule has 0 bridgehead atoms. The number of sulfonamides is 1. The lowest BCUT2D eigenvalue weighted by atomic mass is 9.79. The lowest BCUT2D eigenvalue weighted by molar-refractivity contribution is -0.142. The molecule has 1 aliphatic heterocycles. The lowest BCUT2D eigenvalue weighted by Gasteiger charge is -2.14. The van der Waals surface area contributed by atoms with Crippen molar-refractivity contribution in [2.45, 2.75) is 24.8 Å². The van der Waals surface area contributed by atoms with Crippen molar-refractivity contribution >= 4 is 39.9 Å². The first kappa shape index (κ1) is 20.1. The number of anilines is 2. The highest BCUT2D eigenvalue weighted by molar-refractivity contribution is 7.92. The van der Waals surface area contributed by atoms with Gasteiger partial charge in [-0.1, -0.05) is 0 Å². The number of benzene rings is 2. The molecule has 28 heavy (non-hydrogen) atoms. The number of nitrogens with one attached hydrogen (secondary N) is 1. The van der Waals surface area contributed by atoms with Crippen molar-refractivity contribution < 1.29 is 32.0 Å². The van der Waals surface area contributed by atoms with E-state index in [-0.39, 0.29) is 46.9 Å². The van der Waals surface area contributed by atoms with Crippen LogP contribution < -0.4 is 15.9 Å². The second-order valence-electron chi connectivity index (χ2n) is 6.15. The summed E-state index contributed by atoms with van der Waals surface area (Å²) in [6.45, 7) is 1.81. The van der Waals surface area contributed by atoms with Gasteiger partial charge in [-0.25, -0.2) is 12.8 Å². The van der Waals surface area contributed by atoms with E-state index >= 15 is 0 Å². The van der Waals surface area contributed by atoms with E-state index in [4.69, 9.17) is 15.1 Å². The molecule has 0 atom stereocenters. The predicted molar refractivity (Wildman–Crippen MR) is 101 cm³/mol. The van der Waals surface area contributed by atoms with Crippen molar-refractivity contribution in [2.75, 3.05) is 17.1 Å². The van der Waals surface area contributed by atoms with Gasteiger partial charge < -0.3 is 20.1 Å². The number of ether oxygens (including phenoxy) is 1. The highest BCUT2D eigenvalue weighted by Gasteiger charge is 2.30. The minimum atomic E-state index is -4.25. The Kier molecular flexibility index (Phi) is 5.59. The highest BCUT2D eigenvalue weighted by atomic mass is 32.2. The van der Waals surface area contributed by atoms with Crippen LogP contribution in [0.3, 0.4) is 0 Å². The molecule has 0 amide bonds. The van der Waals surface area contributed by atoms with E-state index in [1.807, 2.05) is 0 Å². The number of nitrogen functional groups attached to an aromatic ring is 1. The van der Waals surface area contributed by atoms with Crippen molar-refractivity contribution in [3.63, 3.8) is 0 Å². The van der Waals surface area contributed by atoms with Gasteiger partial charge in [-0.15, -0.1) is 0 Å². The van der Waals surface area contributed by atoms with Gasteiger partial charge in [-0.2, -0.15) is 0 Å². The normalized spacial score (nSPS) is 13.3. The van der Waals surface area contributed by atoms with Crippen LogP contribution in [0.5, 0.6) is 0 Å². The molecule has 0 radical (unpaired) electrons. The summed E-state index contributed by atoms with van der Waals surface area (Å²) >= 11 is 0. The SMILES string of the molecule is CCOC(=O)Cc1cc(N)ccc1S(=O)(=O)Nc1cc2c(cc1F)COB2O. The van der Waals surface area contributed by atoms with Gasteiger partial charge in [0, 0.05) is 5.69 Å². The van der Waals surface area contributed by atoms with Gasteiger partial charge in [0.25, 0.3) is 10.0 Å². The Morgan fingerprint density at radius 2 is 2.14 bits per heavy atom. The third-order valence-electron chi connectivity index (χ3n) is 4.15. The molecule has 0 saturated carbocycles. The third-order valence-corrected chi connectivity index (χ3v) is 5.62. The van der Waals surface area contributed by atoms with Crippen molar-refractivity contribution in [1.29, 1.82) is 0 Å². The van der Waals surface area contributed by atoms with E-state index in [0.29, 0.717) is 5.56 Å². The molecule has 8 nitrogen and oxygen atoms in total. The minimum absolute atomic E-state index is 0.0299. The fourth-order valence-corrected chi connectivity index (χ4v) is 4.17. The predicted octanol–water partition coefficient (Wildman–Crippen LogP) is 0.532. The Hall–Kier alpha value is -2.63. The maximum atomic E-state index is 14.3. The maximum Gasteiger partial charge on any atom is 0.491 e. The van der Waals surface area contributed by atoms with E-state index in [2.05, 4.69) is 4.72 Å². The van der Waals surface area contributed by atoms with Gasteiger partial charge >= 0.3 is 13.1 Å². The Morgan fingerprint density at radius 3 is 2.86 bits per heavy atom. The summed E-state index contributed by atoms with van der Waals surface area (Å²) in [5.41, 5.74) is 6.46. The molecule has 0 aromatic heterocycles. The van der Waals surface area contributed by atoms with E-state index in [0.717, 1.165) is 6.07 Å². The number of fused-ring (bicyclic) bond motifs is 1. The van der Waals surface area contributed by atoms with Crippen LogP contribution >= 0.6 is 0 Å². The molecule has 2 aromatic rings. The van der Waals surface area contributed by atoms with E-state index in [1.54, 1.807) is 6.92 Å². The van der Waals surface area contributed by atoms with Crippen LogP contribution in [0, 0.1) is 5.82 Å². The Balaban J connectivity index is 1.96. The summed E-state index contributed by atoms with van der Waals surface area (Å²) in [4.78, 5) is 11.6. The topological polar surface area (TPSA) is 128 Å². The smallest absolute Gasteiger partial charge is 0.466 e. The Morgan fingerprint density at radius 1 is 1.39 bits per heavy atom. The molecular weight excluding hydrogens is 390 g/mol. The van der Waals surface area contributed by atoms with Gasteiger partial charge in [0.1, 0.15) is 5.82 Å². The van der Waals surface area contributed by atoms with Crippen LogP contribution in [-0.4, -0.2) is 33.1 Å². The maximum absolute atomic E-state index is 14.3. The molecule has 0 saturated heterocycles. The summed E-state index contributed by atoms with van der Waals surface area (Å²) in [6, 6.07) is 6.23. The number of halogens is 1. The molecule has 1 aliphatic rings. The van der Waals surface area contributed by atoms with Crippen molar-refractivity contribution in [3.05, 3.63) is 47.3 Å². The monoisotopic (exact) mass is 408 g/mol. The van der Waals surface area contributed by atoms with Crippen LogP contribution in [0.4, 0.5) is 15.8 Å². The highest BCUT2D eigenvalue weighted by Crippen LogP contribution is 2.25. The molecule has 0 spiro atoms. The summed E-state index contributed by atoms with van der Waals surface area (Å²) < 4.78 is 52.0. The first-order valence-corrected chi connectivity index (χ1v) is 9.88. The number of hydrogen-bond acceptors (Lipinski definition) is 7. The molecular formula is C17H18BFN2O6S. The van der Waals surface area contributed by atoms with Crippen LogP contribution in [0.1, 0.15) is 18.1 Å². The van der Waals surface area contributed by atoms with Gasteiger partial charge in [-0.05, 0) is 53.8 Å². The molecule has 4 N–H and O–H groups in total. The van der Waals surface area contributed by atoms with Crippen molar-refractivity contribution in [3.8, 4) is 0 Å². The molecule has 11 heteroatoms. The van der Waals surface area contributed by atoms with E-state index in [9.17, 15) is 22.6 Å². The summed E-state index contributed by atoms with van der Waals surface area (Å²) in [5.74, 6) is -1.43. The number of hydrogen-bond donors (Lipinski definition) is 3. The number of carbonyl (C=O) groups excluding carboxylic acids is 1. The number of nitrogens with two attached hydrogens (primary N) is 1. The molecule has 3 rings (SSSR count). The first-order valence-electron chi connectivity index (χ1n) is 8.40. The second kappa shape index (κ2) is 7.78. The van der Waals surface area contributed by atoms with Crippen LogP contribution in [-0.2, 0) is 37.2 Å². The molecule has 0 unspecified atom stereocenters. The van der Waals surface area contributed by atoms with Crippen LogP contribution in [0.2, 0.25) is 0 Å². The average Bonchev–Trinajstić information content (AvgIpc) is 2.95. The van der Waals surface area contributed by atoms with Crippen LogP contribution in [0.25, 0.3) is 0 Å². The number of esters is 1. The average molecular weight is 408 g/mol. The fourth-order valence-electron chi connectivity index (χ4n) is 2.89. The van der Waals surface area contributed by atoms with E-state index in [1.165, 1.54) is 24.3 Å². The van der Waals surface area contributed by atoms with Crippen molar-refractivity contribution in [2.24, 2.45) is 0 Å². The zero-order chi connectivity index (χ0) is 20.5. The fraction of sp³-hybridized carbons (Fsp3) is 0.235.